The maximum Gasteiger partial charge on any atom is 0.158 e. The lowest BCUT2D eigenvalue weighted by Crippen LogP contribution is -2.34. The van der Waals surface area contributed by atoms with Gasteiger partial charge >= 0.3 is 0 Å². The fraction of sp³-hybridized carbons (Fsp3) is 0.600. The van der Waals surface area contributed by atoms with Gasteiger partial charge in [0.05, 0.1) is 0 Å². The molecule has 2 aromatic rings. The third kappa shape index (κ3) is 2.63. The number of fused-ring (bicyclic) bond motifs is 1. The molecule has 0 radical (unpaired) electrons. The molecule has 0 unspecified atom stereocenters. The summed E-state index contributed by atoms with van der Waals surface area (Å²) in [5, 5.41) is 4.60. The first kappa shape index (κ1) is 12.6. The van der Waals surface area contributed by atoms with Crippen LogP contribution in [0.15, 0.2) is 18.3 Å². The first-order valence-corrected chi connectivity index (χ1v) is 7.29. The molecule has 102 valence electrons. The summed E-state index contributed by atoms with van der Waals surface area (Å²) in [6.07, 6.45) is 5.57. The van der Waals surface area contributed by atoms with Gasteiger partial charge in [0.1, 0.15) is 0 Å². The maximum atomic E-state index is 4.68. The molecule has 2 aromatic heterocycles. The molecule has 0 aliphatic carbocycles. The summed E-state index contributed by atoms with van der Waals surface area (Å²) in [6, 6.07) is 4.12. The highest BCUT2D eigenvalue weighted by Crippen LogP contribution is 2.20. The lowest BCUT2D eigenvalue weighted by Gasteiger charge is -2.30. The number of hydrogen-bond donors (Lipinski definition) is 0. The van der Waals surface area contributed by atoms with E-state index in [4.69, 9.17) is 0 Å². The molecule has 1 aliphatic heterocycles. The minimum atomic E-state index is 0.750. The van der Waals surface area contributed by atoms with Crippen molar-refractivity contribution in [1.29, 1.82) is 0 Å². The van der Waals surface area contributed by atoms with E-state index in [1.54, 1.807) is 0 Å². The molecule has 1 saturated heterocycles. The fourth-order valence-corrected chi connectivity index (χ4v) is 2.94. The van der Waals surface area contributed by atoms with Gasteiger partial charge in [0.25, 0.3) is 0 Å². The van der Waals surface area contributed by atoms with E-state index in [0.717, 1.165) is 23.8 Å². The number of pyridine rings is 1. The Balaban J connectivity index is 1.70. The monoisotopic (exact) mass is 258 g/mol. The second-order valence-electron chi connectivity index (χ2n) is 5.57. The van der Waals surface area contributed by atoms with Crippen LogP contribution in [0, 0.1) is 12.8 Å². The largest absolute Gasteiger partial charge is 0.304 e. The molecule has 0 saturated carbocycles. The van der Waals surface area contributed by atoms with Crippen molar-refractivity contribution in [1.82, 2.24) is 19.5 Å². The zero-order chi connectivity index (χ0) is 13.2. The van der Waals surface area contributed by atoms with Gasteiger partial charge in [-0.15, -0.1) is 0 Å². The van der Waals surface area contributed by atoms with Gasteiger partial charge in [-0.25, -0.2) is 9.50 Å². The van der Waals surface area contributed by atoms with Crippen LogP contribution in [-0.4, -0.2) is 39.1 Å². The number of rotatable bonds is 3. The van der Waals surface area contributed by atoms with E-state index in [0.29, 0.717) is 0 Å². The van der Waals surface area contributed by atoms with Crippen LogP contribution in [0.3, 0.4) is 0 Å². The van der Waals surface area contributed by atoms with Gasteiger partial charge in [0.15, 0.2) is 11.5 Å². The molecule has 1 fully saturated rings. The highest BCUT2D eigenvalue weighted by Gasteiger charge is 2.20. The molecule has 0 atom stereocenters. The van der Waals surface area contributed by atoms with Crippen molar-refractivity contribution in [3.63, 3.8) is 0 Å². The highest BCUT2D eigenvalue weighted by atomic mass is 15.3. The summed E-state index contributed by atoms with van der Waals surface area (Å²) >= 11 is 0. The summed E-state index contributed by atoms with van der Waals surface area (Å²) in [6.45, 7) is 7.97. The summed E-state index contributed by atoms with van der Waals surface area (Å²) in [4.78, 5) is 7.21. The minimum absolute atomic E-state index is 0.750. The van der Waals surface area contributed by atoms with Crippen molar-refractivity contribution < 1.29 is 0 Å². The molecule has 0 aromatic carbocycles. The Morgan fingerprint density at radius 2 is 2.11 bits per heavy atom. The predicted molar refractivity (Wildman–Crippen MR) is 76.3 cm³/mol. The van der Waals surface area contributed by atoms with E-state index in [9.17, 15) is 0 Å². The van der Waals surface area contributed by atoms with Crippen LogP contribution < -0.4 is 0 Å². The van der Waals surface area contributed by atoms with Crippen molar-refractivity contribution in [3.8, 4) is 0 Å². The summed E-state index contributed by atoms with van der Waals surface area (Å²) in [5.74, 6) is 1.75. The van der Waals surface area contributed by atoms with Crippen molar-refractivity contribution >= 4 is 5.65 Å². The Morgan fingerprint density at radius 1 is 1.32 bits per heavy atom. The van der Waals surface area contributed by atoms with Gasteiger partial charge in [-0.1, -0.05) is 13.0 Å². The van der Waals surface area contributed by atoms with E-state index in [1.165, 1.54) is 38.0 Å². The Hall–Kier alpha value is -1.42. The first-order chi connectivity index (χ1) is 9.26. The van der Waals surface area contributed by atoms with E-state index in [-0.39, 0.29) is 0 Å². The van der Waals surface area contributed by atoms with Crippen molar-refractivity contribution in [3.05, 3.63) is 29.7 Å². The van der Waals surface area contributed by atoms with E-state index >= 15 is 0 Å². The van der Waals surface area contributed by atoms with Crippen LogP contribution in [0.4, 0.5) is 0 Å². The molecule has 0 N–H and O–H groups in total. The molecule has 0 spiro atoms. The summed E-state index contributed by atoms with van der Waals surface area (Å²) in [7, 11) is 0. The average molecular weight is 258 g/mol. The molecule has 4 heteroatoms. The lowest BCUT2D eigenvalue weighted by atomic mass is 9.93. The third-order valence-corrected chi connectivity index (χ3v) is 4.23. The van der Waals surface area contributed by atoms with Crippen molar-refractivity contribution in [2.45, 2.75) is 33.1 Å². The normalized spacial score (nSPS) is 18.2. The number of nitrogens with zero attached hydrogens (tertiary/aromatic N) is 4. The Morgan fingerprint density at radius 3 is 2.79 bits per heavy atom. The van der Waals surface area contributed by atoms with Crippen molar-refractivity contribution in [2.24, 2.45) is 5.92 Å². The molecule has 3 heterocycles. The fourth-order valence-electron chi connectivity index (χ4n) is 2.94. The second-order valence-corrected chi connectivity index (χ2v) is 5.57. The van der Waals surface area contributed by atoms with Crippen LogP contribution >= 0.6 is 0 Å². The van der Waals surface area contributed by atoms with Crippen LogP contribution in [0.5, 0.6) is 0 Å². The Labute approximate surface area is 114 Å². The predicted octanol–water partition coefficient (Wildman–Crippen LogP) is 2.31. The number of hydrogen-bond acceptors (Lipinski definition) is 3. The summed E-state index contributed by atoms with van der Waals surface area (Å²) in [5.41, 5.74) is 2.20. The van der Waals surface area contributed by atoms with Crippen LogP contribution in [0.25, 0.3) is 5.65 Å². The molecular weight excluding hydrogens is 236 g/mol. The number of likely N-dealkylation sites (tertiary alicyclic amines) is 1. The number of aryl methyl sites for hydroxylation is 1. The SMILES string of the molecule is CCN1CCC(Cc2nc3c(C)cccn3n2)CC1. The standard InChI is InChI=1S/C15H22N4/c1-3-18-9-6-13(7-10-18)11-14-16-15-12(2)5-4-8-19(15)17-14/h4-5,8,13H,3,6-7,9-11H2,1-2H3. The Bertz CT molecular complexity index is 552. The lowest BCUT2D eigenvalue weighted by molar-refractivity contribution is 0.191. The minimum Gasteiger partial charge on any atom is -0.304 e. The van der Waals surface area contributed by atoms with Crippen LogP contribution in [0.2, 0.25) is 0 Å². The highest BCUT2D eigenvalue weighted by molar-refractivity contribution is 5.45. The zero-order valence-corrected chi connectivity index (χ0v) is 11.8. The smallest absolute Gasteiger partial charge is 0.158 e. The van der Waals surface area contributed by atoms with Gasteiger partial charge < -0.3 is 4.90 Å². The Kier molecular flexibility index (Phi) is 3.51. The molecule has 0 amide bonds. The third-order valence-electron chi connectivity index (χ3n) is 4.23. The molecule has 19 heavy (non-hydrogen) atoms. The number of aromatic nitrogens is 3. The van der Waals surface area contributed by atoms with E-state index in [1.807, 2.05) is 16.8 Å². The molecule has 4 nitrogen and oxygen atoms in total. The van der Waals surface area contributed by atoms with Crippen LogP contribution in [-0.2, 0) is 6.42 Å². The van der Waals surface area contributed by atoms with Gasteiger partial charge in [-0.2, -0.15) is 5.10 Å². The molecule has 0 bridgehead atoms. The van der Waals surface area contributed by atoms with Gasteiger partial charge in [-0.05, 0) is 56.9 Å². The van der Waals surface area contributed by atoms with Gasteiger partial charge in [0.2, 0.25) is 0 Å². The molecular formula is C15H22N4. The van der Waals surface area contributed by atoms with E-state index in [2.05, 4.69) is 34.9 Å². The van der Waals surface area contributed by atoms with Crippen molar-refractivity contribution in [2.75, 3.05) is 19.6 Å². The second kappa shape index (κ2) is 5.29. The van der Waals surface area contributed by atoms with Gasteiger partial charge in [0, 0.05) is 12.6 Å². The van der Waals surface area contributed by atoms with Crippen LogP contribution in [0.1, 0.15) is 31.2 Å². The topological polar surface area (TPSA) is 33.4 Å². The molecule has 3 rings (SSSR count). The summed E-state index contributed by atoms with van der Waals surface area (Å²) < 4.78 is 1.91. The average Bonchev–Trinajstić information content (AvgIpc) is 2.84. The van der Waals surface area contributed by atoms with E-state index < -0.39 is 0 Å². The first-order valence-electron chi connectivity index (χ1n) is 7.29. The van der Waals surface area contributed by atoms with Gasteiger partial charge in [-0.3, -0.25) is 0 Å². The number of piperidine rings is 1. The quantitative estimate of drug-likeness (QED) is 0.847. The maximum absolute atomic E-state index is 4.68. The molecule has 1 aliphatic rings. The zero-order valence-electron chi connectivity index (χ0n) is 11.8.